The molecule has 0 aliphatic heterocycles. The Balaban J connectivity index is 0. The lowest BCUT2D eigenvalue weighted by molar-refractivity contribution is 0.134. The van der Waals surface area contributed by atoms with Crippen LogP contribution in [0.1, 0.15) is 33.6 Å². The minimum Gasteiger partial charge on any atom is -0.222 e. The Bertz CT molecular complexity index is 466. The van der Waals surface area contributed by atoms with E-state index in [-0.39, 0.29) is 23.4 Å². The third-order valence-corrected chi connectivity index (χ3v) is 3.17. The molecule has 1 saturated carbocycles. The molecular weight excluding hydrogens is 276 g/mol. The van der Waals surface area contributed by atoms with Crippen LogP contribution < -0.4 is 0 Å². The molecule has 0 aromatic carbocycles. The first-order valence-corrected chi connectivity index (χ1v) is 6.06. The molecule has 8 heteroatoms. The molecule has 1 rings (SSSR count). The lowest BCUT2D eigenvalue weighted by atomic mass is 9.67. The largest absolute Gasteiger partial charge is 0.235 e. The molecule has 0 aromatic heterocycles. The van der Waals surface area contributed by atoms with Crippen molar-refractivity contribution in [2.45, 2.75) is 45.7 Å². The van der Waals surface area contributed by atoms with Gasteiger partial charge in [-0.3, -0.25) is 0 Å². The molecule has 1 aliphatic rings. The number of rotatable bonds is 2. The van der Waals surface area contributed by atoms with Gasteiger partial charge in [0, 0.05) is 0 Å². The average molecular weight is 294 g/mol. The predicted molar refractivity (Wildman–Crippen MR) is 72.8 cm³/mol. The van der Waals surface area contributed by atoms with E-state index in [0.717, 1.165) is 25.0 Å². The van der Waals surface area contributed by atoms with Gasteiger partial charge in [0.2, 0.25) is 24.3 Å². The summed E-state index contributed by atoms with van der Waals surface area (Å²) < 4.78 is 0. The second-order valence-corrected chi connectivity index (χ2v) is 5.15. The van der Waals surface area contributed by atoms with Crippen molar-refractivity contribution in [3.8, 4) is 0 Å². The third kappa shape index (κ3) is 8.32. The quantitative estimate of drug-likeness (QED) is 0.589. The lowest BCUT2D eigenvalue weighted by Gasteiger charge is -2.41. The molecule has 1 fully saturated rings. The predicted octanol–water partition coefficient (Wildman–Crippen LogP) is 1.65. The molecule has 0 saturated heterocycles. The maximum Gasteiger partial charge on any atom is 0.235 e. The van der Waals surface area contributed by atoms with Crippen molar-refractivity contribution in [2.24, 2.45) is 21.3 Å². The molecule has 0 bridgehead atoms. The molecule has 21 heavy (non-hydrogen) atoms. The first-order valence-electron chi connectivity index (χ1n) is 6.06. The van der Waals surface area contributed by atoms with E-state index in [2.05, 4.69) is 9.98 Å². The molecule has 0 amide bonds. The molecule has 1 aliphatic carbocycles. The second-order valence-electron chi connectivity index (χ2n) is 5.15. The Labute approximate surface area is 122 Å². The smallest absolute Gasteiger partial charge is 0.222 e. The topological polar surface area (TPSA) is 141 Å². The summed E-state index contributed by atoms with van der Waals surface area (Å²) in [5.41, 5.74) is -0.111. The molecular formula is C13H18N4O4. The van der Waals surface area contributed by atoms with E-state index in [0.29, 0.717) is 0 Å². The molecule has 114 valence electrons. The molecule has 0 spiro atoms. The van der Waals surface area contributed by atoms with Crippen LogP contribution >= 0.6 is 0 Å². The Morgan fingerprint density at radius 3 is 1.76 bits per heavy atom. The molecule has 3 unspecified atom stereocenters. The van der Waals surface area contributed by atoms with Crippen LogP contribution in [-0.4, -0.2) is 36.4 Å². The highest BCUT2D eigenvalue weighted by Gasteiger charge is 2.41. The SMILES string of the molecule is CC1CC(N=C=O)CC(C)(C)C1N=C=O.N=C=O.N=C=O. The van der Waals surface area contributed by atoms with Gasteiger partial charge in [0.15, 0.2) is 0 Å². The summed E-state index contributed by atoms with van der Waals surface area (Å²) in [5, 5.41) is 10.8. The maximum atomic E-state index is 10.3. The Kier molecular flexibility index (Phi) is 11.3. The van der Waals surface area contributed by atoms with Crippen molar-refractivity contribution in [1.82, 2.24) is 0 Å². The van der Waals surface area contributed by atoms with Crippen LogP contribution in [0.15, 0.2) is 9.98 Å². The van der Waals surface area contributed by atoms with Gasteiger partial charge in [-0.2, -0.15) is 0 Å². The normalized spacial score (nSPS) is 24.8. The molecule has 3 atom stereocenters. The van der Waals surface area contributed by atoms with Gasteiger partial charge >= 0.3 is 0 Å². The van der Waals surface area contributed by atoms with Crippen molar-refractivity contribution in [1.29, 1.82) is 10.8 Å². The van der Waals surface area contributed by atoms with E-state index in [9.17, 15) is 9.59 Å². The van der Waals surface area contributed by atoms with E-state index in [1.54, 1.807) is 12.2 Å². The van der Waals surface area contributed by atoms with Crippen molar-refractivity contribution < 1.29 is 19.2 Å². The second kappa shape index (κ2) is 11.4. The van der Waals surface area contributed by atoms with Gasteiger partial charge in [-0.15, -0.1) is 0 Å². The van der Waals surface area contributed by atoms with Gasteiger partial charge in [-0.25, -0.2) is 40.0 Å². The van der Waals surface area contributed by atoms with E-state index >= 15 is 0 Å². The zero-order valence-corrected chi connectivity index (χ0v) is 12.2. The highest BCUT2D eigenvalue weighted by atomic mass is 16.1. The van der Waals surface area contributed by atoms with Crippen molar-refractivity contribution in [3.05, 3.63) is 0 Å². The van der Waals surface area contributed by atoms with Crippen LogP contribution in [0.5, 0.6) is 0 Å². The molecule has 0 aromatic rings. The summed E-state index contributed by atoms with van der Waals surface area (Å²) in [5.74, 6) is 0.247. The fourth-order valence-electron chi connectivity index (χ4n) is 2.67. The zero-order chi connectivity index (χ0) is 16.9. The van der Waals surface area contributed by atoms with Crippen molar-refractivity contribution in [2.75, 3.05) is 0 Å². The Morgan fingerprint density at radius 1 is 1.00 bits per heavy atom. The zero-order valence-electron chi connectivity index (χ0n) is 12.2. The van der Waals surface area contributed by atoms with E-state index < -0.39 is 0 Å². The van der Waals surface area contributed by atoms with E-state index in [1.807, 2.05) is 20.8 Å². The number of carbonyl (C=O) groups excluding carboxylic acids is 4. The first-order chi connectivity index (χ1) is 9.84. The number of isocyanates is 4. The van der Waals surface area contributed by atoms with Crippen LogP contribution in [0.3, 0.4) is 0 Å². The summed E-state index contributed by atoms with van der Waals surface area (Å²) >= 11 is 0. The standard InChI is InChI=1S/C11H16N2O2.2CHNO/c1-8-4-9(12-6-14)5-11(2,3)10(8)13-7-15;2*2-1-3/h8-10H,4-5H2,1-3H3;2*2H. The monoisotopic (exact) mass is 294 g/mol. The fraction of sp³-hybridized carbons (Fsp3) is 0.692. The Hall–Kier alpha value is -2.48. The number of hydrogen-bond donors (Lipinski definition) is 2. The molecule has 2 N–H and O–H groups in total. The van der Waals surface area contributed by atoms with Gasteiger partial charge in [-0.1, -0.05) is 20.8 Å². The summed E-state index contributed by atoms with van der Waals surface area (Å²) in [4.78, 5) is 44.9. The van der Waals surface area contributed by atoms with Gasteiger partial charge in [0.05, 0.1) is 12.1 Å². The highest BCUT2D eigenvalue weighted by molar-refractivity contribution is 5.35. The fourth-order valence-corrected chi connectivity index (χ4v) is 2.67. The number of aliphatic imine (C=N–C) groups is 2. The summed E-state index contributed by atoms with van der Waals surface area (Å²) in [7, 11) is 0. The molecule has 8 nitrogen and oxygen atoms in total. The maximum absolute atomic E-state index is 10.3. The van der Waals surface area contributed by atoms with Crippen LogP contribution in [0, 0.1) is 22.2 Å². The number of nitrogens with one attached hydrogen (secondary N) is 2. The Morgan fingerprint density at radius 2 is 1.43 bits per heavy atom. The lowest BCUT2D eigenvalue weighted by Crippen LogP contribution is -2.42. The van der Waals surface area contributed by atoms with Gasteiger partial charge in [-0.05, 0) is 24.2 Å². The highest BCUT2D eigenvalue weighted by Crippen LogP contribution is 2.41. The summed E-state index contributed by atoms with van der Waals surface area (Å²) in [6.07, 6.45) is 6.30. The van der Waals surface area contributed by atoms with Crippen LogP contribution in [0.2, 0.25) is 0 Å². The van der Waals surface area contributed by atoms with E-state index in [4.69, 9.17) is 20.4 Å². The van der Waals surface area contributed by atoms with E-state index in [1.165, 1.54) is 0 Å². The van der Waals surface area contributed by atoms with Gasteiger partial charge in [0.1, 0.15) is 0 Å². The summed E-state index contributed by atoms with van der Waals surface area (Å²) in [6.45, 7) is 6.11. The first kappa shape index (κ1) is 20.8. The van der Waals surface area contributed by atoms with Gasteiger partial charge in [0.25, 0.3) is 0 Å². The van der Waals surface area contributed by atoms with Crippen LogP contribution in [0.25, 0.3) is 0 Å². The minimum absolute atomic E-state index is 0.0191. The van der Waals surface area contributed by atoms with Crippen LogP contribution in [-0.2, 0) is 19.2 Å². The molecule has 0 radical (unpaired) electrons. The van der Waals surface area contributed by atoms with Crippen molar-refractivity contribution in [3.63, 3.8) is 0 Å². The van der Waals surface area contributed by atoms with Crippen molar-refractivity contribution >= 4 is 24.3 Å². The molecule has 0 heterocycles. The average Bonchev–Trinajstić information content (AvgIpc) is 2.36. The van der Waals surface area contributed by atoms with Crippen LogP contribution in [0.4, 0.5) is 0 Å². The number of nitrogens with zero attached hydrogens (tertiary/aromatic N) is 2. The number of hydrogen-bond acceptors (Lipinski definition) is 8. The summed E-state index contributed by atoms with van der Waals surface area (Å²) in [6, 6.07) is -0.00120. The minimum atomic E-state index is -0.111. The van der Waals surface area contributed by atoms with Gasteiger partial charge < -0.3 is 0 Å². The third-order valence-electron chi connectivity index (χ3n) is 3.17.